The summed E-state index contributed by atoms with van der Waals surface area (Å²) in [5.41, 5.74) is 9.37. The summed E-state index contributed by atoms with van der Waals surface area (Å²) in [5.74, 6) is 0. The molecule has 0 saturated heterocycles. The fourth-order valence-corrected chi connectivity index (χ4v) is 7.85. The molecule has 0 bridgehead atoms. The van der Waals surface area contributed by atoms with Crippen molar-refractivity contribution in [3.8, 4) is 11.4 Å². The van der Waals surface area contributed by atoms with E-state index in [0.717, 1.165) is 33.8 Å². The normalized spacial score (nSPS) is 14.9. The second-order valence-corrected chi connectivity index (χ2v) is 11.9. The number of aliphatic hydroxyl groups is 1. The average molecular weight is 592 g/mol. The first-order valence-electron chi connectivity index (χ1n) is 15.6. The predicted molar refractivity (Wildman–Crippen MR) is 183 cm³/mol. The van der Waals surface area contributed by atoms with Crippen molar-refractivity contribution >= 4 is 17.1 Å². The quantitative estimate of drug-likeness (QED) is 0.222. The van der Waals surface area contributed by atoms with Crippen LogP contribution in [-0.4, -0.2) is 15.1 Å². The lowest BCUT2D eigenvalue weighted by Crippen LogP contribution is -2.38. The van der Waals surface area contributed by atoms with E-state index in [2.05, 4.69) is 130 Å². The molecule has 5 aromatic carbocycles. The maximum atomic E-state index is 13.0. The van der Waals surface area contributed by atoms with Crippen LogP contribution in [0.3, 0.4) is 0 Å². The monoisotopic (exact) mass is 591 g/mol. The fourth-order valence-electron chi connectivity index (χ4n) is 7.85. The first kappa shape index (κ1) is 26.6. The second kappa shape index (κ2) is 10.1. The van der Waals surface area contributed by atoms with Crippen LogP contribution in [0.1, 0.15) is 38.9 Å². The summed E-state index contributed by atoms with van der Waals surface area (Å²) in [6, 6.07) is 54.9. The molecule has 1 N–H and O–H groups in total. The SMILES string of the molecule is OC1(c2ccccc2N2c3ccccc3C(c3ccccc3)(c3ccccc3)c3ccccc32)c2cccnc2-c2ncccc21. The van der Waals surface area contributed by atoms with Crippen molar-refractivity contribution < 1.29 is 5.11 Å². The molecule has 0 atom stereocenters. The molecule has 0 unspecified atom stereocenters. The number of nitrogens with zero attached hydrogens (tertiary/aromatic N) is 3. The van der Waals surface area contributed by atoms with E-state index in [1.807, 2.05) is 42.5 Å². The van der Waals surface area contributed by atoms with Gasteiger partial charge in [-0.1, -0.05) is 127 Å². The standard InChI is InChI=1S/C42H29N3O/c46-42(34-22-13-27-43-39(34)40-35(42)23-14-28-44-40)33-21-9-12-26-38(33)45-36-24-10-7-19-31(36)41(29-15-3-1-4-16-29,30-17-5-2-6-18-30)32-20-8-11-25-37(32)45/h1-28,46H. The Morgan fingerprint density at radius 3 is 1.24 bits per heavy atom. The zero-order valence-electron chi connectivity index (χ0n) is 25.0. The number of fused-ring (bicyclic) bond motifs is 5. The molecular weight excluding hydrogens is 562 g/mol. The Balaban J connectivity index is 1.37. The Morgan fingerprint density at radius 2 is 0.761 bits per heavy atom. The van der Waals surface area contributed by atoms with Crippen LogP contribution in [0.2, 0.25) is 0 Å². The van der Waals surface area contributed by atoms with E-state index < -0.39 is 11.0 Å². The van der Waals surface area contributed by atoms with Gasteiger partial charge in [-0.3, -0.25) is 9.97 Å². The average Bonchev–Trinajstić information content (AvgIpc) is 3.40. The lowest BCUT2D eigenvalue weighted by molar-refractivity contribution is 0.131. The third-order valence-corrected chi connectivity index (χ3v) is 9.67. The molecule has 0 amide bonds. The molecule has 9 rings (SSSR count). The van der Waals surface area contributed by atoms with Gasteiger partial charge >= 0.3 is 0 Å². The lowest BCUT2D eigenvalue weighted by atomic mass is 9.62. The highest BCUT2D eigenvalue weighted by molar-refractivity contribution is 5.91. The lowest BCUT2D eigenvalue weighted by Gasteiger charge is -2.47. The minimum atomic E-state index is -1.46. The van der Waals surface area contributed by atoms with Crippen LogP contribution >= 0.6 is 0 Å². The molecule has 0 radical (unpaired) electrons. The van der Waals surface area contributed by atoms with Gasteiger partial charge in [-0.2, -0.15) is 0 Å². The summed E-state index contributed by atoms with van der Waals surface area (Å²) in [7, 11) is 0. The number of aromatic nitrogens is 2. The molecule has 2 aromatic heterocycles. The maximum Gasteiger partial charge on any atom is 0.146 e. The highest BCUT2D eigenvalue weighted by atomic mass is 16.3. The van der Waals surface area contributed by atoms with Gasteiger partial charge in [0.2, 0.25) is 0 Å². The van der Waals surface area contributed by atoms with Crippen molar-refractivity contribution in [1.82, 2.24) is 9.97 Å². The van der Waals surface area contributed by atoms with E-state index >= 15 is 0 Å². The van der Waals surface area contributed by atoms with Gasteiger partial charge < -0.3 is 10.0 Å². The Bertz CT molecular complexity index is 2110. The molecule has 1 aliphatic carbocycles. The molecule has 0 fully saturated rings. The van der Waals surface area contributed by atoms with Gasteiger partial charge in [-0.25, -0.2) is 0 Å². The number of rotatable bonds is 4. The van der Waals surface area contributed by atoms with Gasteiger partial charge in [0.05, 0.1) is 33.9 Å². The van der Waals surface area contributed by atoms with Gasteiger partial charge in [0.25, 0.3) is 0 Å². The third-order valence-electron chi connectivity index (χ3n) is 9.67. The summed E-state index contributed by atoms with van der Waals surface area (Å²) in [6.45, 7) is 0. The minimum Gasteiger partial charge on any atom is -0.376 e. The van der Waals surface area contributed by atoms with Crippen LogP contribution in [0.25, 0.3) is 11.4 Å². The van der Waals surface area contributed by atoms with Crippen LogP contribution in [0.5, 0.6) is 0 Å². The van der Waals surface area contributed by atoms with Gasteiger partial charge in [0.1, 0.15) is 5.60 Å². The summed E-state index contributed by atoms with van der Waals surface area (Å²) in [5, 5.41) is 13.0. The molecule has 7 aromatic rings. The Kier molecular flexibility index (Phi) is 5.83. The van der Waals surface area contributed by atoms with Crippen molar-refractivity contribution in [2.24, 2.45) is 0 Å². The molecule has 0 saturated carbocycles. The first-order valence-corrected chi connectivity index (χ1v) is 15.6. The molecule has 4 nitrogen and oxygen atoms in total. The minimum absolute atomic E-state index is 0.571. The van der Waals surface area contributed by atoms with Crippen molar-refractivity contribution in [2.45, 2.75) is 11.0 Å². The highest BCUT2D eigenvalue weighted by Gasteiger charge is 2.49. The number of para-hydroxylation sites is 3. The molecule has 0 spiro atoms. The van der Waals surface area contributed by atoms with Crippen LogP contribution in [0, 0.1) is 0 Å². The van der Waals surface area contributed by atoms with Crippen molar-refractivity contribution in [1.29, 1.82) is 0 Å². The number of pyridine rings is 2. The molecule has 218 valence electrons. The Morgan fingerprint density at radius 1 is 0.391 bits per heavy atom. The largest absolute Gasteiger partial charge is 0.376 e. The van der Waals surface area contributed by atoms with Crippen molar-refractivity contribution in [3.63, 3.8) is 0 Å². The maximum absolute atomic E-state index is 13.0. The van der Waals surface area contributed by atoms with Gasteiger partial charge in [-0.05, 0) is 52.6 Å². The van der Waals surface area contributed by atoms with Gasteiger partial charge in [0, 0.05) is 29.1 Å². The second-order valence-electron chi connectivity index (χ2n) is 11.9. The van der Waals surface area contributed by atoms with Gasteiger partial charge in [-0.15, -0.1) is 0 Å². The molecule has 3 heterocycles. The highest BCUT2D eigenvalue weighted by Crippen LogP contribution is 2.59. The van der Waals surface area contributed by atoms with E-state index in [9.17, 15) is 5.11 Å². The van der Waals surface area contributed by atoms with E-state index in [4.69, 9.17) is 0 Å². The van der Waals surface area contributed by atoms with Crippen LogP contribution in [-0.2, 0) is 11.0 Å². The van der Waals surface area contributed by atoms with E-state index in [-0.39, 0.29) is 0 Å². The molecule has 1 aliphatic heterocycles. The Labute approximate surface area is 267 Å². The zero-order valence-corrected chi connectivity index (χ0v) is 25.0. The summed E-state index contributed by atoms with van der Waals surface area (Å²) >= 11 is 0. The summed E-state index contributed by atoms with van der Waals surface area (Å²) in [4.78, 5) is 11.7. The smallest absolute Gasteiger partial charge is 0.146 e. The topological polar surface area (TPSA) is 49.2 Å². The fraction of sp³-hybridized carbons (Fsp3) is 0.0476. The summed E-state index contributed by atoms with van der Waals surface area (Å²) < 4.78 is 0. The van der Waals surface area contributed by atoms with Crippen LogP contribution in [0.4, 0.5) is 17.1 Å². The number of benzene rings is 5. The van der Waals surface area contributed by atoms with E-state index in [1.54, 1.807) is 12.4 Å². The Hall–Kier alpha value is -5.84. The van der Waals surface area contributed by atoms with Gasteiger partial charge in [0.15, 0.2) is 0 Å². The predicted octanol–water partition coefficient (Wildman–Crippen LogP) is 8.91. The molecule has 46 heavy (non-hydrogen) atoms. The van der Waals surface area contributed by atoms with E-state index in [0.29, 0.717) is 11.4 Å². The zero-order chi connectivity index (χ0) is 30.7. The van der Waals surface area contributed by atoms with Crippen molar-refractivity contribution in [3.05, 3.63) is 209 Å². The molecule has 2 aliphatic rings. The number of anilines is 3. The molecular formula is C42H29N3O. The summed E-state index contributed by atoms with van der Waals surface area (Å²) in [6.07, 6.45) is 3.53. The molecule has 4 heteroatoms. The van der Waals surface area contributed by atoms with Crippen LogP contribution < -0.4 is 4.90 Å². The third kappa shape index (κ3) is 3.47. The van der Waals surface area contributed by atoms with E-state index in [1.165, 1.54) is 22.3 Å². The first-order chi connectivity index (χ1) is 22.7. The van der Waals surface area contributed by atoms with Crippen LogP contribution in [0.15, 0.2) is 170 Å². The number of hydrogen-bond donors (Lipinski definition) is 1. The number of hydrogen-bond acceptors (Lipinski definition) is 4. The van der Waals surface area contributed by atoms with Crippen molar-refractivity contribution in [2.75, 3.05) is 4.90 Å².